The summed E-state index contributed by atoms with van der Waals surface area (Å²) < 4.78 is 4.74. The van der Waals surface area contributed by atoms with E-state index in [0.29, 0.717) is 5.82 Å². The van der Waals surface area contributed by atoms with Crippen LogP contribution in [0.15, 0.2) is 30.3 Å². The Labute approximate surface area is 140 Å². The first-order valence-electron chi connectivity index (χ1n) is 7.75. The highest BCUT2D eigenvalue weighted by Gasteiger charge is 2.26. The molecule has 24 heavy (non-hydrogen) atoms. The minimum atomic E-state index is -0.690. The minimum Gasteiger partial charge on any atom is -0.467 e. The van der Waals surface area contributed by atoms with Crippen molar-refractivity contribution in [1.82, 2.24) is 25.5 Å². The zero-order valence-electron chi connectivity index (χ0n) is 14.0. The van der Waals surface area contributed by atoms with Crippen LogP contribution >= 0.6 is 0 Å². The number of amides is 1. The molecule has 1 amide bonds. The Kier molecular flexibility index (Phi) is 6.00. The number of nitrogens with one attached hydrogen (secondary N) is 1. The predicted octanol–water partition coefficient (Wildman–Crippen LogP) is 1.04. The van der Waals surface area contributed by atoms with Gasteiger partial charge in [-0.3, -0.25) is 4.79 Å². The average Bonchev–Trinajstić information content (AvgIpc) is 3.07. The Morgan fingerprint density at radius 3 is 2.62 bits per heavy atom. The summed E-state index contributed by atoms with van der Waals surface area (Å²) >= 11 is 0. The lowest BCUT2D eigenvalue weighted by atomic mass is 9.99. The SMILES string of the molecule is CCC(C)C(NC(=O)Cn1nnc(-c2ccccc2)n1)C(=O)OC. The molecule has 8 nitrogen and oxygen atoms in total. The molecule has 2 aromatic rings. The molecule has 2 unspecified atom stereocenters. The molecule has 0 fully saturated rings. The van der Waals surface area contributed by atoms with Crippen LogP contribution in [0.25, 0.3) is 11.4 Å². The summed E-state index contributed by atoms with van der Waals surface area (Å²) in [6.45, 7) is 3.70. The van der Waals surface area contributed by atoms with Gasteiger partial charge < -0.3 is 10.1 Å². The summed E-state index contributed by atoms with van der Waals surface area (Å²) in [4.78, 5) is 25.2. The van der Waals surface area contributed by atoms with Gasteiger partial charge in [0.25, 0.3) is 0 Å². The van der Waals surface area contributed by atoms with Gasteiger partial charge >= 0.3 is 5.97 Å². The van der Waals surface area contributed by atoms with Gasteiger partial charge in [0.2, 0.25) is 11.7 Å². The lowest BCUT2D eigenvalue weighted by Crippen LogP contribution is -2.46. The molecule has 2 rings (SSSR count). The molecule has 1 aromatic carbocycles. The van der Waals surface area contributed by atoms with Crippen LogP contribution in [0.2, 0.25) is 0 Å². The maximum absolute atomic E-state index is 12.2. The van der Waals surface area contributed by atoms with E-state index in [9.17, 15) is 9.59 Å². The molecule has 0 saturated heterocycles. The molecule has 0 saturated carbocycles. The standard InChI is InChI=1S/C16H21N5O3/c1-4-11(2)14(16(23)24-3)17-13(22)10-21-19-15(18-20-21)12-8-6-5-7-9-12/h5-9,11,14H,4,10H2,1-3H3,(H,17,22). The molecule has 2 atom stereocenters. The van der Waals surface area contributed by atoms with Crippen LogP contribution in [-0.2, 0) is 20.9 Å². The van der Waals surface area contributed by atoms with Crippen molar-refractivity contribution in [3.63, 3.8) is 0 Å². The normalized spacial score (nSPS) is 13.1. The van der Waals surface area contributed by atoms with Crippen LogP contribution < -0.4 is 5.32 Å². The van der Waals surface area contributed by atoms with E-state index in [1.807, 2.05) is 44.2 Å². The van der Waals surface area contributed by atoms with Crippen molar-refractivity contribution >= 4 is 11.9 Å². The van der Waals surface area contributed by atoms with Gasteiger partial charge in [-0.25, -0.2) is 4.79 Å². The highest BCUT2D eigenvalue weighted by molar-refractivity contribution is 5.84. The number of carbonyl (C=O) groups excluding carboxylic acids is 2. The van der Waals surface area contributed by atoms with E-state index in [1.54, 1.807) is 0 Å². The van der Waals surface area contributed by atoms with Gasteiger partial charge in [-0.1, -0.05) is 50.6 Å². The molecule has 8 heteroatoms. The number of rotatable bonds is 7. The topological polar surface area (TPSA) is 99.0 Å². The smallest absolute Gasteiger partial charge is 0.328 e. The quantitative estimate of drug-likeness (QED) is 0.761. The maximum atomic E-state index is 12.2. The van der Waals surface area contributed by atoms with Crippen molar-refractivity contribution in [2.24, 2.45) is 5.92 Å². The van der Waals surface area contributed by atoms with Gasteiger partial charge in [-0.2, -0.15) is 4.80 Å². The second-order valence-corrected chi connectivity index (χ2v) is 5.46. The third-order valence-corrected chi connectivity index (χ3v) is 3.75. The summed E-state index contributed by atoms with van der Waals surface area (Å²) in [7, 11) is 1.30. The lowest BCUT2D eigenvalue weighted by Gasteiger charge is -2.21. The summed E-state index contributed by atoms with van der Waals surface area (Å²) in [5.74, 6) is -0.434. The third-order valence-electron chi connectivity index (χ3n) is 3.75. The monoisotopic (exact) mass is 331 g/mol. The van der Waals surface area contributed by atoms with Crippen LogP contribution in [0.1, 0.15) is 20.3 Å². The largest absolute Gasteiger partial charge is 0.467 e. The van der Waals surface area contributed by atoms with Crippen molar-refractivity contribution in [2.75, 3.05) is 7.11 Å². The van der Waals surface area contributed by atoms with E-state index in [0.717, 1.165) is 12.0 Å². The Morgan fingerprint density at radius 2 is 2.00 bits per heavy atom. The van der Waals surface area contributed by atoms with Crippen LogP contribution in [-0.4, -0.2) is 45.2 Å². The molecule has 0 bridgehead atoms. The van der Waals surface area contributed by atoms with E-state index in [-0.39, 0.29) is 18.4 Å². The maximum Gasteiger partial charge on any atom is 0.328 e. The number of methoxy groups -OCH3 is 1. The second-order valence-electron chi connectivity index (χ2n) is 5.46. The van der Waals surface area contributed by atoms with Crippen molar-refractivity contribution in [2.45, 2.75) is 32.9 Å². The first-order chi connectivity index (χ1) is 11.5. The van der Waals surface area contributed by atoms with Gasteiger partial charge in [-0.15, -0.1) is 10.2 Å². The Bertz CT molecular complexity index is 686. The van der Waals surface area contributed by atoms with Gasteiger partial charge in [0, 0.05) is 5.56 Å². The number of ether oxygens (including phenoxy) is 1. The highest BCUT2D eigenvalue weighted by atomic mass is 16.5. The summed E-state index contributed by atoms with van der Waals surface area (Å²) in [6.07, 6.45) is 0.736. The molecule has 128 valence electrons. The van der Waals surface area contributed by atoms with Crippen LogP contribution in [0.4, 0.5) is 0 Å². The molecular formula is C16H21N5O3. The molecule has 0 aliphatic heterocycles. The van der Waals surface area contributed by atoms with Crippen molar-refractivity contribution in [3.05, 3.63) is 30.3 Å². The molecule has 0 spiro atoms. The van der Waals surface area contributed by atoms with E-state index < -0.39 is 12.0 Å². The first-order valence-corrected chi connectivity index (χ1v) is 7.75. The van der Waals surface area contributed by atoms with Gasteiger partial charge in [0.1, 0.15) is 12.6 Å². The fourth-order valence-corrected chi connectivity index (χ4v) is 2.16. The van der Waals surface area contributed by atoms with E-state index in [2.05, 4.69) is 20.7 Å². The summed E-state index contributed by atoms with van der Waals surface area (Å²) in [5, 5.41) is 14.6. The predicted molar refractivity (Wildman–Crippen MR) is 86.7 cm³/mol. The zero-order valence-corrected chi connectivity index (χ0v) is 14.0. The van der Waals surface area contributed by atoms with Crippen LogP contribution in [0.5, 0.6) is 0 Å². The van der Waals surface area contributed by atoms with E-state index in [1.165, 1.54) is 11.9 Å². The van der Waals surface area contributed by atoms with Crippen molar-refractivity contribution < 1.29 is 14.3 Å². The zero-order chi connectivity index (χ0) is 17.5. The first kappa shape index (κ1) is 17.6. The number of carbonyl (C=O) groups is 2. The Hall–Kier alpha value is -2.77. The number of esters is 1. The second kappa shape index (κ2) is 8.19. The molecular weight excluding hydrogens is 310 g/mol. The van der Waals surface area contributed by atoms with E-state index in [4.69, 9.17) is 4.74 Å². The molecule has 1 heterocycles. The number of aromatic nitrogens is 4. The fourth-order valence-electron chi connectivity index (χ4n) is 2.16. The van der Waals surface area contributed by atoms with Gasteiger partial charge in [0.15, 0.2) is 0 Å². The molecule has 0 radical (unpaired) electrons. The average molecular weight is 331 g/mol. The number of hydrogen-bond acceptors (Lipinski definition) is 6. The number of benzene rings is 1. The van der Waals surface area contributed by atoms with Crippen LogP contribution in [0.3, 0.4) is 0 Å². The van der Waals surface area contributed by atoms with Crippen molar-refractivity contribution in [3.8, 4) is 11.4 Å². The van der Waals surface area contributed by atoms with E-state index >= 15 is 0 Å². The van der Waals surface area contributed by atoms with Crippen LogP contribution in [0, 0.1) is 5.92 Å². The lowest BCUT2D eigenvalue weighted by molar-refractivity contribution is -0.146. The number of tetrazole rings is 1. The van der Waals surface area contributed by atoms with Crippen molar-refractivity contribution in [1.29, 1.82) is 0 Å². The Balaban J connectivity index is 2.01. The third kappa shape index (κ3) is 4.37. The number of hydrogen-bond donors (Lipinski definition) is 1. The summed E-state index contributed by atoms with van der Waals surface area (Å²) in [6, 6.07) is 8.66. The molecule has 1 N–H and O–H groups in total. The molecule has 0 aliphatic carbocycles. The number of nitrogens with zero attached hydrogens (tertiary/aromatic N) is 4. The Morgan fingerprint density at radius 1 is 1.29 bits per heavy atom. The minimum absolute atomic E-state index is 0.0371. The fraction of sp³-hybridized carbons (Fsp3) is 0.438. The van der Waals surface area contributed by atoms with Gasteiger partial charge in [-0.05, 0) is 11.1 Å². The highest BCUT2D eigenvalue weighted by Crippen LogP contribution is 2.12. The molecule has 0 aliphatic rings. The molecule has 1 aromatic heterocycles. The van der Waals surface area contributed by atoms with Gasteiger partial charge in [0.05, 0.1) is 7.11 Å². The summed E-state index contributed by atoms with van der Waals surface area (Å²) in [5.41, 5.74) is 0.816.